The first-order valence-corrected chi connectivity index (χ1v) is 11.3. The van der Waals surface area contributed by atoms with Gasteiger partial charge >= 0.3 is 0 Å². The Morgan fingerprint density at radius 2 is 1.74 bits per heavy atom. The molecule has 0 saturated heterocycles. The van der Waals surface area contributed by atoms with E-state index in [1.807, 2.05) is 50.2 Å². The van der Waals surface area contributed by atoms with Crippen LogP contribution in [-0.4, -0.2) is 22.6 Å². The van der Waals surface area contributed by atoms with Crippen molar-refractivity contribution in [1.29, 1.82) is 0 Å². The van der Waals surface area contributed by atoms with E-state index in [0.29, 0.717) is 34.2 Å². The molecule has 1 aromatic heterocycles. The number of carbonyl (C=O) groups excluding carboxylic acids is 1. The smallest absolute Gasteiger partial charge is 0.254 e. The average molecular weight is 475 g/mol. The lowest BCUT2D eigenvalue weighted by Gasteiger charge is -2.23. The van der Waals surface area contributed by atoms with Crippen LogP contribution in [0.2, 0.25) is 5.02 Å². The van der Waals surface area contributed by atoms with Gasteiger partial charge in [-0.25, -0.2) is 0 Å². The van der Waals surface area contributed by atoms with Crippen LogP contribution in [0.4, 0.5) is 0 Å². The molecule has 0 radical (unpaired) electrons. The molecule has 1 N–H and O–H groups in total. The minimum absolute atomic E-state index is 0.147. The van der Waals surface area contributed by atoms with Crippen molar-refractivity contribution in [2.75, 3.05) is 6.79 Å². The standard InChI is InChI=1S/C27H23ClN2O4/c1-16-9-17(2)25-20(10-16)12-21(26(31)29-25)14-30(27(32)19-4-6-22(28)7-5-19)13-18-3-8-23-24(11-18)34-15-33-23/h3-12H,13-15H2,1-2H3,(H,29,31). The highest BCUT2D eigenvalue weighted by Crippen LogP contribution is 2.33. The fourth-order valence-corrected chi connectivity index (χ4v) is 4.42. The molecule has 0 fully saturated rings. The third-order valence-corrected chi connectivity index (χ3v) is 6.17. The third-order valence-electron chi connectivity index (χ3n) is 5.92. The van der Waals surface area contributed by atoms with E-state index in [1.54, 1.807) is 29.2 Å². The molecule has 0 unspecified atom stereocenters. The molecular formula is C27H23ClN2O4. The van der Waals surface area contributed by atoms with E-state index < -0.39 is 0 Å². The molecule has 0 aliphatic carbocycles. The summed E-state index contributed by atoms with van der Waals surface area (Å²) in [6, 6.07) is 18.3. The van der Waals surface area contributed by atoms with Gasteiger partial charge in [0.15, 0.2) is 11.5 Å². The van der Waals surface area contributed by atoms with Crippen LogP contribution in [0.15, 0.2) is 65.5 Å². The van der Waals surface area contributed by atoms with E-state index in [-0.39, 0.29) is 24.8 Å². The molecule has 3 aromatic carbocycles. The van der Waals surface area contributed by atoms with Crippen molar-refractivity contribution in [3.63, 3.8) is 0 Å². The molecule has 1 aliphatic rings. The number of aromatic amines is 1. The largest absolute Gasteiger partial charge is 0.454 e. The van der Waals surface area contributed by atoms with Crippen LogP contribution < -0.4 is 15.0 Å². The molecule has 34 heavy (non-hydrogen) atoms. The van der Waals surface area contributed by atoms with E-state index >= 15 is 0 Å². The summed E-state index contributed by atoms with van der Waals surface area (Å²) in [4.78, 5) is 31.1. The van der Waals surface area contributed by atoms with Crippen LogP contribution >= 0.6 is 11.6 Å². The highest BCUT2D eigenvalue weighted by atomic mass is 35.5. The minimum atomic E-state index is -0.209. The van der Waals surface area contributed by atoms with E-state index in [9.17, 15) is 9.59 Å². The monoisotopic (exact) mass is 474 g/mol. The second kappa shape index (κ2) is 8.88. The number of nitrogens with one attached hydrogen (secondary N) is 1. The van der Waals surface area contributed by atoms with Gasteiger partial charge in [-0.1, -0.05) is 29.3 Å². The number of rotatable bonds is 5. The number of aromatic nitrogens is 1. The van der Waals surface area contributed by atoms with Crippen molar-refractivity contribution in [1.82, 2.24) is 9.88 Å². The first-order valence-electron chi connectivity index (χ1n) is 10.9. The Morgan fingerprint density at radius 3 is 2.53 bits per heavy atom. The molecule has 172 valence electrons. The van der Waals surface area contributed by atoms with Crippen molar-refractivity contribution >= 4 is 28.4 Å². The number of hydrogen-bond acceptors (Lipinski definition) is 4. The lowest BCUT2D eigenvalue weighted by molar-refractivity contribution is 0.0729. The number of benzene rings is 3. The molecule has 0 saturated carbocycles. The van der Waals surface area contributed by atoms with Gasteiger partial charge in [-0.3, -0.25) is 9.59 Å². The lowest BCUT2D eigenvalue weighted by atomic mass is 10.0. The summed E-state index contributed by atoms with van der Waals surface area (Å²) in [7, 11) is 0. The van der Waals surface area contributed by atoms with E-state index in [1.165, 1.54) is 0 Å². The summed E-state index contributed by atoms with van der Waals surface area (Å²) < 4.78 is 10.9. The van der Waals surface area contributed by atoms with E-state index in [2.05, 4.69) is 4.98 Å². The number of pyridine rings is 1. The molecule has 5 rings (SSSR count). The van der Waals surface area contributed by atoms with Gasteiger partial charge in [-0.05, 0) is 78.9 Å². The van der Waals surface area contributed by atoms with Gasteiger partial charge < -0.3 is 19.4 Å². The molecule has 1 amide bonds. The van der Waals surface area contributed by atoms with Gasteiger partial charge in [-0.15, -0.1) is 0 Å². The zero-order chi connectivity index (χ0) is 23.8. The van der Waals surface area contributed by atoms with Crippen molar-refractivity contribution < 1.29 is 14.3 Å². The molecule has 7 heteroatoms. The fourth-order valence-electron chi connectivity index (χ4n) is 4.29. The zero-order valence-corrected chi connectivity index (χ0v) is 19.6. The predicted octanol–water partition coefficient (Wildman–Crippen LogP) is 5.37. The van der Waals surface area contributed by atoms with Crippen LogP contribution in [0.3, 0.4) is 0 Å². The quantitative estimate of drug-likeness (QED) is 0.422. The molecule has 0 bridgehead atoms. The van der Waals surface area contributed by atoms with Crippen LogP contribution in [0, 0.1) is 13.8 Å². The highest BCUT2D eigenvalue weighted by Gasteiger charge is 2.21. The zero-order valence-electron chi connectivity index (χ0n) is 18.9. The van der Waals surface area contributed by atoms with E-state index in [4.69, 9.17) is 21.1 Å². The lowest BCUT2D eigenvalue weighted by Crippen LogP contribution is -2.32. The number of ether oxygens (including phenoxy) is 2. The second-order valence-electron chi connectivity index (χ2n) is 8.53. The number of nitrogens with zero attached hydrogens (tertiary/aromatic N) is 1. The van der Waals surface area contributed by atoms with Crippen molar-refractivity contribution in [2.45, 2.75) is 26.9 Å². The topological polar surface area (TPSA) is 71.6 Å². The first-order chi connectivity index (χ1) is 16.4. The summed E-state index contributed by atoms with van der Waals surface area (Å²) in [5.74, 6) is 1.12. The number of hydrogen-bond donors (Lipinski definition) is 1. The van der Waals surface area contributed by atoms with Gasteiger partial charge in [0, 0.05) is 22.7 Å². The molecule has 0 atom stereocenters. The number of H-pyrrole nitrogens is 1. The maximum Gasteiger partial charge on any atom is 0.254 e. The molecule has 6 nitrogen and oxygen atoms in total. The van der Waals surface area contributed by atoms with Gasteiger partial charge in [0.2, 0.25) is 6.79 Å². The number of amides is 1. The van der Waals surface area contributed by atoms with Crippen molar-refractivity contribution in [3.8, 4) is 11.5 Å². The molecule has 0 spiro atoms. The molecular weight excluding hydrogens is 452 g/mol. The number of halogens is 1. The Morgan fingerprint density at radius 1 is 0.971 bits per heavy atom. The Hall–Kier alpha value is -3.77. The van der Waals surface area contributed by atoms with Crippen molar-refractivity contribution in [3.05, 3.63) is 104 Å². The number of fused-ring (bicyclic) bond motifs is 2. The Labute approximate surface area is 201 Å². The summed E-state index contributed by atoms with van der Waals surface area (Å²) in [5, 5.41) is 1.49. The maximum atomic E-state index is 13.5. The SMILES string of the molecule is Cc1cc(C)c2[nH]c(=O)c(CN(Cc3ccc4c(c3)OCO4)C(=O)c3ccc(Cl)cc3)cc2c1. The molecule has 1 aliphatic heterocycles. The van der Waals surface area contributed by atoms with Crippen molar-refractivity contribution in [2.24, 2.45) is 0 Å². The highest BCUT2D eigenvalue weighted by molar-refractivity contribution is 6.30. The van der Waals surface area contributed by atoms with Gasteiger partial charge in [-0.2, -0.15) is 0 Å². The first kappa shape index (κ1) is 22.0. The van der Waals surface area contributed by atoms with Gasteiger partial charge in [0.05, 0.1) is 12.1 Å². The third kappa shape index (κ3) is 4.37. The van der Waals surface area contributed by atoms with Crippen LogP contribution in [0.25, 0.3) is 10.9 Å². The Kier molecular flexibility index (Phi) is 5.75. The summed E-state index contributed by atoms with van der Waals surface area (Å²) in [5.41, 5.74) is 4.60. The Bertz CT molecular complexity index is 1460. The van der Waals surface area contributed by atoms with Gasteiger partial charge in [0.25, 0.3) is 11.5 Å². The van der Waals surface area contributed by atoms with Crippen LogP contribution in [0.5, 0.6) is 11.5 Å². The summed E-state index contributed by atoms with van der Waals surface area (Å²) in [6.07, 6.45) is 0. The summed E-state index contributed by atoms with van der Waals surface area (Å²) >= 11 is 6.02. The van der Waals surface area contributed by atoms with Crippen LogP contribution in [0.1, 0.15) is 32.6 Å². The fraction of sp³-hybridized carbons (Fsp3) is 0.185. The predicted molar refractivity (Wildman–Crippen MR) is 132 cm³/mol. The molecule has 4 aromatic rings. The number of aryl methyl sites for hydroxylation is 2. The van der Waals surface area contributed by atoms with E-state index in [0.717, 1.165) is 27.6 Å². The minimum Gasteiger partial charge on any atom is -0.454 e. The summed E-state index contributed by atoms with van der Waals surface area (Å²) in [6.45, 7) is 4.61. The average Bonchev–Trinajstić information content (AvgIpc) is 3.27. The van der Waals surface area contributed by atoms with Crippen LogP contribution in [-0.2, 0) is 13.1 Å². The normalized spacial score (nSPS) is 12.2. The number of carbonyl (C=O) groups is 1. The van der Waals surface area contributed by atoms with Gasteiger partial charge in [0.1, 0.15) is 0 Å². The maximum absolute atomic E-state index is 13.5. The molecule has 2 heterocycles. The Balaban J connectivity index is 1.52. The second-order valence-corrected chi connectivity index (χ2v) is 8.96.